The summed E-state index contributed by atoms with van der Waals surface area (Å²) in [5.74, 6) is 0.111. The van der Waals surface area contributed by atoms with Crippen LogP contribution in [-0.2, 0) is 9.53 Å². The second-order valence-corrected chi connectivity index (χ2v) is 5.85. The van der Waals surface area contributed by atoms with Crippen LogP contribution >= 0.6 is 15.9 Å². The van der Waals surface area contributed by atoms with Crippen LogP contribution in [-0.4, -0.2) is 36.5 Å². The Kier molecular flexibility index (Phi) is 4.96. The zero-order valence-corrected chi connectivity index (χ0v) is 12.6. The van der Waals surface area contributed by atoms with Crippen molar-refractivity contribution >= 4 is 21.8 Å². The maximum Gasteiger partial charge on any atom is 0.224 e. The topological polar surface area (TPSA) is 55.6 Å². The third kappa shape index (κ3) is 4.03. The van der Waals surface area contributed by atoms with Crippen molar-refractivity contribution in [2.45, 2.75) is 25.5 Å². The van der Waals surface area contributed by atoms with Crippen molar-refractivity contribution in [2.75, 3.05) is 19.7 Å². The van der Waals surface area contributed by atoms with Crippen molar-refractivity contribution in [2.24, 2.45) is 5.73 Å². The van der Waals surface area contributed by atoms with Crippen LogP contribution in [0.25, 0.3) is 0 Å². The molecule has 2 atom stereocenters. The van der Waals surface area contributed by atoms with Gasteiger partial charge in [0.2, 0.25) is 5.91 Å². The normalized spacial score (nSPS) is 21.2. The van der Waals surface area contributed by atoms with Crippen molar-refractivity contribution in [1.29, 1.82) is 0 Å². The maximum atomic E-state index is 12.0. The third-order valence-corrected chi connectivity index (χ3v) is 3.69. The van der Waals surface area contributed by atoms with E-state index in [9.17, 15) is 4.79 Å². The van der Waals surface area contributed by atoms with E-state index in [2.05, 4.69) is 15.9 Å². The molecule has 1 heterocycles. The Balaban J connectivity index is 2.00. The van der Waals surface area contributed by atoms with Crippen LogP contribution in [0.1, 0.15) is 25.0 Å². The molecule has 2 rings (SSSR count). The second-order valence-electron chi connectivity index (χ2n) is 4.93. The molecule has 0 saturated carbocycles. The molecule has 2 N–H and O–H groups in total. The van der Waals surface area contributed by atoms with Gasteiger partial charge in [-0.2, -0.15) is 0 Å². The van der Waals surface area contributed by atoms with Crippen LogP contribution in [0.3, 0.4) is 0 Å². The number of nitrogens with two attached hydrogens (primary N) is 1. The highest BCUT2D eigenvalue weighted by atomic mass is 79.9. The summed E-state index contributed by atoms with van der Waals surface area (Å²) >= 11 is 3.41. The molecule has 0 bridgehead atoms. The van der Waals surface area contributed by atoms with E-state index >= 15 is 0 Å². The molecule has 1 amide bonds. The summed E-state index contributed by atoms with van der Waals surface area (Å²) in [7, 11) is 0. The minimum absolute atomic E-state index is 0.0427. The van der Waals surface area contributed by atoms with Crippen molar-refractivity contribution < 1.29 is 9.53 Å². The molecule has 19 heavy (non-hydrogen) atoms. The summed E-state index contributed by atoms with van der Waals surface area (Å²) in [5, 5.41) is 0. The lowest BCUT2D eigenvalue weighted by molar-refractivity contribution is -0.139. The molecule has 1 fully saturated rings. The molecule has 1 aromatic rings. The number of morpholine rings is 1. The number of amides is 1. The SMILES string of the molecule is CC(N)CC(=O)N1CCOC(c2ccc(Br)cc2)C1. The minimum atomic E-state index is -0.0959. The van der Waals surface area contributed by atoms with E-state index < -0.39 is 0 Å². The molecule has 1 aliphatic heterocycles. The highest BCUT2D eigenvalue weighted by Gasteiger charge is 2.25. The fourth-order valence-corrected chi connectivity index (χ4v) is 2.42. The molecule has 0 radical (unpaired) electrons. The highest BCUT2D eigenvalue weighted by Crippen LogP contribution is 2.24. The lowest BCUT2D eigenvalue weighted by atomic mass is 10.1. The van der Waals surface area contributed by atoms with Crippen molar-refractivity contribution in [1.82, 2.24) is 4.90 Å². The zero-order chi connectivity index (χ0) is 13.8. The predicted molar refractivity (Wildman–Crippen MR) is 77.7 cm³/mol. The number of benzene rings is 1. The second kappa shape index (κ2) is 6.50. The molecular weight excluding hydrogens is 308 g/mol. The monoisotopic (exact) mass is 326 g/mol. The van der Waals surface area contributed by atoms with Gasteiger partial charge in [-0.25, -0.2) is 0 Å². The van der Waals surface area contributed by atoms with Gasteiger partial charge in [-0.3, -0.25) is 4.79 Å². The molecule has 1 saturated heterocycles. The summed E-state index contributed by atoms with van der Waals surface area (Å²) in [4.78, 5) is 13.9. The zero-order valence-electron chi connectivity index (χ0n) is 11.0. The fraction of sp³-hybridized carbons (Fsp3) is 0.500. The molecule has 2 unspecified atom stereocenters. The van der Waals surface area contributed by atoms with Gasteiger partial charge in [0.25, 0.3) is 0 Å². The van der Waals surface area contributed by atoms with Crippen molar-refractivity contribution in [3.63, 3.8) is 0 Å². The molecule has 4 nitrogen and oxygen atoms in total. The van der Waals surface area contributed by atoms with E-state index in [0.717, 1.165) is 10.0 Å². The predicted octanol–water partition coefficient (Wildman–Crippen LogP) is 2.09. The highest BCUT2D eigenvalue weighted by molar-refractivity contribution is 9.10. The number of nitrogens with zero attached hydrogens (tertiary/aromatic N) is 1. The van der Waals surface area contributed by atoms with E-state index in [1.54, 1.807) is 0 Å². The van der Waals surface area contributed by atoms with E-state index in [4.69, 9.17) is 10.5 Å². The molecule has 1 aliphatic rings. The van der Waals surface area contributed by atoms with Gasteiger partial charge >= 0.3 is 0 Å². The van der Waals surface area contributed by atoms with Gasteiger partial charge in [-0.05, 0) is 24.6 Å². The molecular formula is C14H19BrN2O2. The minimum Gasteiger partial charge on any atom is -0.370 e. The quantitative estimate of drug-likeness (QED) is 0.925. The first kappa shape index (κ1) is 14.5. The lowest BCUT2D eigenvalue weighted by Crippen LogP contribution is -2.43. The van der Waals surface area contributed by atoms with Gasteiger partial charge in [0.1, 0.15) is 6.10 Å². The first-order chi connectivity index (χ1) is 9.06. The number of halogens is 1. The average molecular weight is 327 g/mol. The fourth-order valence-electron chi connectivity index (χ4n) is 2.16. The summed E-state index contributed by atoms with van der Waals surface area (Å²) in [5.41, 5.74) is 6.78. The number of hydrogen-bond acceptors (Lipinski definition) is 3. The Morgan fingerprint density at radius 2 is 2.21 bits per heavy atom. The molecule has 5 heteroatoms. The molecule has 1 aromatic carbocycles. The van der Waals surface area contributed by atoms with Crippen LogP contribution < -0.4 is 5.73 Å². The lowest BCUT2D eigenvalue weighted by Gasteiger charge is -2.33. The van der Waals surface area contributed by atoms with Gasteiger partial charge in [-0.1, -0.05) is 28.1 Å². The van der Waals surface area contributed by atoms with E-state index in [0.29, 0.717) is 26.1 Å². The number of ether oxygens (including phenoxy) is 1. The standard InChI is InChI=1S/C14H19BrN2O2/c1-10(16)8-14(18)17-6-7-19-13(9-17)11-2-4-12(15)5-3-11/h2-5,10,13H,6-9,16H2,1H3. The van der Waals surface area contributed by atoms with E-state index in [1.807, 2.05) is 36.1 Å². The van der Waals surface area contributed by atoms with Crippen LogP contribution in [0.2, 0.25) is 0 Å². The Bertz CT molecular complexity index is 434. The van der Waals surface area contributed by atoms with Crippen LogP contribution in [0, 0.1) is 0 Å². The van der Waals surface area contributed by atoms with E-state index in [-0.39, 0.29) is 18.1 Å². The molecule has 0 spiro atoms. The Morgan fingerprint density at radius 1 is 1.53 bits per heavy atom. The maximum absolute atomic E-state index is 12.0. The average Bonchev–Trinajstić information content (AvgIpc) is 2.39. The Morgan fingerprint density at radius 3 is 2.84 bits per heavy atom. The summed E-state index contributed by atoms with van der Waals surface area (Å²) < 4.78 is 6.79. The van der Waals surface area contributed by atoms with Gasteiger partial charge in [-0.15, -0.1) is 0 Å². The molecule has 0 aromatic heterocycles. The van der Waals surface area contributed by atoms with Gasteiger partial charge < -0.3 is 15.4 Å². The van der Waals surface area contributed by atoms with E-state index in [1.165, 1.54) is 0 Å². The Labute approximate surface area is 122 Å². The number of carbonyl (C=O) groups excluding carboxylic acids is 1. The van der Waals surface area contributed by atoms with Crippen LogP contribution in [0.5, 0.6) is 0 Å². The smallest absolute Gasteiger partial charge is 0.224 e. The molecule has 0 aliphatic carbocycles. The largest absolute Gasteiger partial charge is 0.370 e. The van der Waals surface area contributed by atoms with Gasteiger partial charge in [0.05, 0.1) is 13.2 Å². The van der Waals surface area contributed by atoms with Crippen LogP contribution in [0.15, 0.2) is 28.7 Å². The van der Waals surface area contributed by atoms with Crippen molar-refractivity contribution in [3.05, 3.63) is 34.3 Å². The number of hydrogen-bond donors (Lipinski definition) is 1. The summed E-state index contributed by atoms with van der Waals surface area (Å²) in [6, 6.07) is 7.92. The molecule has 104 valence electrons. The van der Waals surface area contributed by atoms with Gasteiger partial charge in [0, 0.05) is 23.5 Å². The summed E-state index contributed by atoms with van der Waals surface area (Å²) in [6.45, 7) is 3.68. The Hall–Kier alpha value is -0.910. The third-order valence-electron chi connectivity index (χ3n) is 3.16. The number of carbonyl (C=O) groups is 1. The first-order valence-corrected chi connectivity index (χ1v) is 7.26. The first-order valence-electron chi connectivity index (χ1n) is 6.46. The van der Waals surface area contributed by atoms with Gasteiger partial charge in [0.15, 0.2) is 0 Å². The number of rotatable bonds is 3. The van der Waals surface area contributed by atoms with Crippen LogP contribution in [0.4, 0.5) is 0 Å². The summed E-state index contributed by atoms with van der Waals surface area (Å²) in [6.07, 6.45) is 0.353. The van der Waals surface area contributed by atoms with Crippen molar-refractivity contribution in [3.8, 4) is 0 Å².